The van der Waals surface area contributed by atoms with Crippen LogP contribution in [-0.4, -0.2) is 13.0 Å². The highest BCUT2D eigenvalue weighted by Crippen LogP contribution is 2.31. The van der Waals surface area contributed by atoms with Crippen LogP contribution >= 0.6 is 34.8 Å². The van der Waals surface area contributed by atoms with Crippen LogP contribution < -0.4 is 21.2 Å². The Hall–Kier alpha value is -0.830. The van der Waals surface area contributed by atoms with Crippen molar-refractivity contribution in [3.05, 3.63) is 94.0 Å². The minimum atomic E-state index is -4.60. The summed E-state index contributed by atoms with van der Waals surface area (Å²) in [6, 6.07) is 20.5. The van der Waals surface area contributed by atoms with E-state index in [2.05, 4.69) is 62.4 Å². The molecule has 3 aromatic rings. The van der Waals surface area contributed by atoms with E-state index >= 15 is 0 Å². The summed E-state index contributed by atoms with van der Waals surface area (Å²) in [4.78, 5) is -0.566. The smallest absolute Gasteiger partial charge is 0.357 e. The minimum Gasteiger partial charge on any atom is -0.744 e. The van der Waals surface area contributed by atoms with Gasteiger partial charge in [0.05, 0.1) is 20.0 Å². The average molecular weight is 626 g/mol. The molecule has 0 radical (unpaired) electrons. The second kappa shape index (κ2) is 13.2. The molecule has 0 spiro atoms. The van der Waals surface area contributed by atoms with Crippen LogP contribution in [0, 0.1) is 7.14 Å². The fourth-order valence-electron chi connectivity index (χ4n) is 2.83. The van der Waals surface area contributed by atoms with Crippen molar-refractivity contribution >= 4 is 44.9 Å². The summed E-state index contributed by atoms with van der Waals surface area (Å²) in [5.41, 5.74) is 2.93. The lowest BCUT2D eigenvalue weighted by molar-refractivity contribution is -0.597. The Kier molecular flexibility index (Phi) is 11.3. The molecular weight excluding hydrogens is 602 g/mol. The summed E-state index contributed by atoms with van der Waals surface area (Å²) in [5, 5.41) is -0.163. The van der Waals surface area contributed by atoms with Crippen molar-refractivity contribution in [2.24, 2.45) is 0 Å². The van der Waals surface area contributed by atoms with Gasteiger partial charge in [-0.3, -0.25) is 0 Å². The zero-order valence-electron chi connectivity index (χ0n) is 17.7. The number of benzene rings is 3. The van der Waals surface area contributed by atoms with Gasteiger partial charge in [-0.05, 0) is 60.4 Å². The lowest BCUT2D eigenvalue weighted by Gasteiger charge is -2.09. The van der Waals surface area contributed by atoms with Crippen LogP contribution in [0.5, 0.6) is 0 Å². The van der Waals surface area contributed by atoms with Gasteiger partial charge in [0.25, 0.3) is 0 Å². The molecule has 32 heavy (non-hydrogen) atoms. The SMILES string of the molecule is CCCc1ccc([I+]c2ccc(CCC)cc2)cc1.O=S(=O)([O-])c1cc(Cl)c(Cl)cc1Cl. The molecule has 0 bridgehead atoms. The number of halogens is 4. The third-order valence-electron chi connectivity index (χ3n) is 4.37. The summed E-state index contributed by atoms with van der Waals surface area (Å²) in [6.07, 6.45) is 4.86. The van der Waals surface area contributed by atoms with Gasteiger partial charge in [-0.25, -0.2) is 8.42 Å². The van der Waals surface area contributed by atoms with E-state index in [0.717, 1.165) is 12.1 Å². The highest BCUT2D eigenvalue weighted by Gasteiger charge is 2.15. The maximum absolute atomic E-state index is 10.6. The average Bonchev–Trinajstić information content (AvgIpc) is 2.74. The molecule has 0 amide bonds. The Labute approximate surface area is 216 Å². The summed E-state index contributed by atoms with van der Waals surface area (Å²) in [5.74, 6) is 0. The van der Waals surface area contributed by atoms with Crippen molar-refractivity contribution in [2.75, 3.05) is 0 Å². The largest absolute Gasteiger partial charge is 0.744 e. The van der Waals surface area contributed by atoms with E-state index in [-0.39, 0.29) is 36.3 Å². The van der Waals surface area contributed by atoms with Crippen molar-refractivity contribution in [1.29, 1.82) is 0 Å². The number of hydrogen-bond acceptors (Lipinski definition) is 3. The molecule has 8 heteroatoms. The predicted molar refractivity (Wildman–Crippen MR) is 128 cm³/mol. The van der Waals surface area contributed by atoms with Crippen molar-refractivity contribution in [2.45, 2.75) is 44.4 Å². The van der Waals surface area contributed by atoms with Gasteiger partial charge in [0.15, 0.2) is 7.14 Å². The molecule has 0 aliphatic rings. The Morgan fingerprint density at radius 2 is 1.12 bits per heavy atom. The molecule has 0 saturated carbocycles. The molecule has 0 fully saturated rings. The molecular formula is C24H24Cl3IO3S. The zero-order valence-corrected chi connectivity index (χ0v) is 23.0. The Bertz CT molecular complexity index is 1070. The highest BCUT2D eigenvalue weighted by atomic mass is 127. The molecule has 172 valence electrons. The van der Waals surface area contributed by atoms with Crippen LogP contribution in [0.4, 0.5) is 0 Å². The van der Waals surface area contributed by atoms with E-state index in [9.17, 15) is 13.0 Å². The molecule has 0 aromatic heterocycles. The molecule has 3 nitrogen and oxygen atoms in total. The third-order valence-corrected chi connectivity index (χ3v) is 9.07. The molecule has 0 aliphatic carbocycles. The number of rotatable bonds is 7. The maximum atomic E-state index is 10.6. The van der Waals surface area contributed by atoms with Crippen LogP contribution in [0.2, 0.25) is 15.1 Å². The fourth-order valence-corrected chi connectivity index (χ4v) is 6.44. The van der Waals surface area contributed by atoms with Gasteiger partial charge in [0.2, 0.25) is 0 Å². The molecule has 0 unspecified atom stereocenters. The van der Waals surface area contributed by atoms with Gasteiger partial charge in [-0.2, -0.15) is 0 Å². The van der Waals surface area contributed by atoms with Crippen LogP contribution in [0.15, 0.2) is 65.6 Å². The molecule has 3 rings (SSSR count). The second-order valence-electron chi connectivity index (χ2n) is 7.00. The van der Waals surface area contributed by atoms with Gasteiger partial charge in [-0.1, -0.05) is 85.8 Å². The number of aryl methyl sites for hydroxylation is 2. The topological polar surface area (TPSA) is 57.2 Å². The van der Waals surface area contributed by atoms with Crippen molar-refractivity contribution in [1.82, 2.24) is 0 Å². The van der Waals surface area contributed by atoms with E-state index in [4.69, 9.17) is 34.8 Å². The standard InChI is InChI=1S/C18H22I.C6H3Cl3O3S/c1-3-5-15-7-11-17(12-8-15)19-18-13-9-16(6-4-2)10-14-18;7-3-1-5(9)6(2-4(3)8)13(10,11)12/h7-14H,3-6H2,1-2H3;1-2H,(H,10,11,12)/q+1;/p-1. The van der Waals surface area contributed by atoms with Crippen LogP contribution in [-0.2, 0) is 23.0 Å². The van der Waals surface area contributed by atoms with Gasteiger partial charge in [0.1, 0.15) is 10.1 Å². The van der Waals surface area contributed by atoms with Crippen LogP contribution in [0.3, 0.4) is 0 Å². The molecule has 3 aromatic carbocycles. The second-order valence-corrected chi connectivity index (χ2v) is 12.6. The molecule has 0 atom stereocenters. The van der Waals surface area contributed by atoms with Crippen molar-refractivity contribution < 1.29 is 34.2 Å². The van der Waals surface area contributed by atoms with E-state index in [1.807, 2.05) is 0 Å². The number of hydrogen-bond donors (Lipinski definition) is 0. The molecule has 0 N–H and O–H groups in total. The first-order valence-electron chi connectivity index (χ1n) is 10.1. The molecule has 0 aliphatic heterocycles. The fraction of sp³-hybridized carbons (Fsp3) is 0.250. The summed E-state index contributed by atoms with van der Waals surface area (Å²) in [6.45, 7) is 4.47. The Balaban J connectivity index is 0.000000244. The first kappa shape index (κ1) is 27.4. The maximum Gasteiger partial charge on any atom is 0.357 e. The summed E-state index contributed by atoms with van der Waals surface area (Å²) in [7, 11) is -4.60. The van der Waals surface area contributed by atoms with Gasteiger partial charge >= 0.3 is 21.2 Å². The van der Waals surface area contributed by atoms with E-state index in [1.54, 1.807) is 0 Å². The Morgan fingerprint density at radius 3 is 1.50 bits per heavy atom. The quantitative estimate of drug-likeness (QED) is 0.224. The van der Waals surface area contributed by atoms with E-state index in [1.165, 1.54) is 44.0 Å². The van der Waals surface area contributed by atoms with Crippen LogP contribution in [0.1, 0.15) is 37.8 Å². The molecule has 0 saturated heterocycles. The van der Waals surface area contributed by atoms with Crippen molar-refractivity contribution in [3.8, 4) is 0 Å². The van der Waals surface area contributed by atoms with E-state index < -0.39 is 15.0 Å². The normalized spacial score (nSPS) is 11.1. The van der Waals surface area contributed by atoms with Crippen molar-refractivity contribution in [3.63, 3.8) is 0 Å². The van der Waals surface area contributed by atoms with Gasteiger partial charge in [-0.15, -0.1) is 0 Å². The Morgan fingerprint density at radius 1 is 0.719 bits per heavy atom. The predicted octanol–water partition coefficient (Wildman–Crippen LogP) is 4.27. The minimum absolute atomic E-state index is 0.0164. The summed E-state index contributed by atoms with van der Waals surface area (Å²) < 4.78 is 34.8. The summed E-state index contributed by atoms with van der Waals surface area (Å²) >= 11 is 16.5. The van der Waals surface area contributed by atoms with Gasteiger partial charge < -0.3 is 4.55 Å². The zero-order chi connectivity index (χ0) is 23.7. The van der Waals surface area contributed by atoms with Crippen LogP contribution in [0.25, 0.3) is 0 Å². The lowest BCUT2D eigenvalue weighted by atomic mass is 10.1. The monoisotopic (exact) mass is 624 g/mol. The molecule has 0 heterocycles. The first-order chi connectivity index (χ1) is 15.1. The van der Waals surface area contributed by atoms with Gasteiger partial charge in [0, 0.05) is 0 Å². The van der Waals surface area contributed by atoms with E-state index in [0.29, 0.717) is 0 Å². The highest BCUT2D eigenvalue weighted by molar-refractivity contribution is 7.85. The lowest BCUT2D eigenvalue weighted by Crippen LogP contribution is -3.61. The first-order valence-corrected chi connectivity index (χ1v) is 14.8. The third kappa shape index (κ3) is 8.84.